The lowest BCUT2D eigenvalue weighted by molar-refractivity contribution is -0.0453. The van der Waals surface area contributed by atoms with Gasteiger partial charge in [-0.2, -0.15) is 0 Å². The zero-order chi connectivity index (χ0) is 14.4. The smallest absolute Gasteiger partial charge is 0.165 e. The molecule has 0 radical (unpaired) electrons. The Labute approximate surface area is 123 Å². The minimum Gasteiger partial charge on any atom is -0.504 e. The van der Waals surface area contributed by atoms with Gasteiger partial charge in [-0.15, -0.1) is 0 Å². The second-order valence-electron chi connectivity index (χ2n) is 6.93. The molecule has 2 aliphatic heterocycles. The molecule has 0 amide bonds. The van der Waals surface area contributed by atoms with Crippen LogP contribution in [-0.4, -0.2) is 47.0 Å². The predicted molar refractivity (Wildman–Crippen MR) is 77.6 cm³/mol. The van der Waals surface area contributed by atoms with Gasteiger partial charge in [0.2, 0.25) is 0 Å². The van der Waals surface area contributed by atoms with Crippen molar-refractivity contribution in [1.82, 2.24) is 4.90 Å². The second kappa shape index (κ2) is 3.62. The Kier molecular flexibility index (Phi) is 2.08. The molecule has 1 saturated heterocycles. The first kappa shape index (κ1) is 12.1. The van der Waals surface area contributed by atoms with E-state index in [9.17, 15) is 10.2 Å². The van der Waals surface area contributed by atoms with Gasteiger partial charge in [0, 0.05) is 22.9 Å². The van der Waals surface area contributed by atoms with Crippen LogP contribution in [0.2, 0.25) is 0 Å². The summed E-state index contributed by atoms with van der Waals surface area (Å²) in [7, 11) is 2.19. The highest BCUT2D eigenvalue weighted by atomic mass is 16.5. The number of phenols is 1. The van der Waals surface area contributed by atoms with E-state index >= 15 is 0 Å². The number of aliphatic hydroxyl groups is 1. The van der Waals surface area contributed by atoms with Crippen molar-refractivity contribution in [2.75, 3.05) is 13.6 Å². The van der Waals surface area contributed by atoms with E-state index in [1.54, 1.807) is 6.07 Å². The molecule has 1 aromatic rings. The van der Waals surface area contributed by atoms with Gasteiger partial charge in [-0.3, -0.25) is 0 Å². The zero-order valence-corrected chi connectivity index (χ0v) is 12.0. The highest BCUT2D eigenvalue weighted by Gasteiger charge is 2.64. The number of likely N-dealkylation sites (tertiary alicyclic amines) is 1. The van der Waals surface area contributed by atoms with E-state index in [0.29, 0.717) is 17.7 Å². The number of nitrogens with zero attached hydrogens (tertiary/aromatic N) is 1. The third-order valence-corrected chi connectivity index (χ3v) is 6.15. The van der Waals surface area contributed by atoms with Crippen LogP contribution in [0, 0.1) is 5.92 Å². The minimum absolute atomic E-state index is 0.160. The molecule has 4 heteroatoms. The van der Waals surface area contributed by atoms with Crippen LogP contribution < -0.4 is 4.74 Å². The Hall–Kier alpha value is -1.52. The summed E-state index contributed by atoms with van der Waals surface area (Å²) in [4.78, 5) is 2.43. The fourth-order valence-corrected chi connectivity index (χ4v) is 5.24. The van der Waals surface area contributed by atoms with Crippen molar-refractivity contribution in [3.63, 3.8) is 0 Å². The zero-order valence-electron chi connectivity index (χ0n) is 12.0. The Morgan fingerprint density at radius 2 is 2.19 bits per heavy atom. The summed E-state index contributed by atoms with van der Waals surface area (Å²) >= 11 is 0. The maximum Gasteiger partial charge on any atom is 0.165 e. The quantitative estimate of drug-likeness (QED) is 0.703. The summed E-state index contributed by atoms with van der Waals surface area (Å²) in [6, 6.07) is 4.23. The topological polar surface area (TPSA) is 52.9 Å². The van der Waals surface area contributed by atoms with Crippen molar-refractivity contribution < 1.29 is 14.9 Å². The number of hydrogen-bond acceptors (Lipinski definition) is 4. The maximum absolute atomic E-state index is 10.4. The molecule has 0 saturated carbocycles. The number of phenolic OH excluding ortho intramolecular Hbond substituents is 1. The minimum atomic E-state index is -0.594. The third-order valence-electron chi connectivity index (χ3n) is 6.15. The van der Waals surface area contributed by atoms with Gasteiger partial charge in [-0.05, 0) is 38.1 Å². The molecule has 4 aliphatic rings. The molecule has 1 aromatic carbocycles. The van der Waals surface area contributed by atoms with Crippen LogP contribution in [-0.2, 0) is 11.8 Å². The summed E-state index contributed by atoms with van der Waals surface area (Å²) < 4.78 is 6.09. The van der Waals surface area contributed by atoms with Crippen molar-refractivity contribution in [1.29, 1.82) is 0 Å². The highest BCUT2D eigenvalue weighted by Crippen LogP contribution is 2.62. The number of aliphatic hydroxyl groups excluding tert-OH is 1. The van der Waals surface area contributed by atoms with Crippen molar-refractivity contribution in [3.05, 3.63) is 35.4 Å². The molecule has 5 atom stereocenters. The van der Waals surface area contributed by atoms with Crippen LogP contribution in [0.4, 0.5) is 0 Å². The summed E-state index contributed by atoms with van der Waals surface area (Å²) in [6.45, 7) is 1.01. The first-order valence-corrected chi connectivity index (χ1v) is 7.71. The summed E-state index contributed by atoms with van der Waals surface area (Å²) in [5.74, 6) is 1.19. The van der Waals surface area contributed by atoms with E-state index in [4.69, 9.17) is 4.74 Å². The number of benzene rings is 1. The van der Waals surface area contributed by atoms with Gasteiger partial charge in [0.25, 0.3) is 0 Å². The van der Waals surface area contributed by atoms with Gasteiger partial charge in [0.1, 0.15) is 12.2 Å². The summed E-state index contributed by atoms with van der Waals surface area (Å²) in [5, 5.41) is 20.6. The Bertz CT molecular complexity index is 670. The van der Waals surface area contributed by atoms with Gasteiger partial charge >= 0.3 is 0 Å². The van der Waals surface area contributed by atoms with E-state index in [-0.39, 0.29) is 17.3 Å². The van der Waals surface area contributed by atoms with E-state index < -0.39 is 6.10 Å². The van der Waals surface area contributed by atoms with Crippen LogP contribution in [0.15, 0.2) is 24.3 Å². The molecular formula is C17H19NO3. The third kappa shape index (κ3) is 1.21. The number of ether oxygens (including phenoxy) is 1. The lowest BCUT2D eigenvalue weighted by atomic mass is 9.53. The number of rotatable bonds is 0. The van der Waals surface area contributed by atoms with Gasteiger partial charge in [0.15, 0.2) is 11.5 Å². The van der Waals surface area contributed by atoms with Crippen molar-refractivity contribution in [2.45, 2.75) is 36.5 Å². The number of likely N-dealkylation sites (N-methyl/N-ethyl adjacent to an activating group) is 1. The molecule has 2 heterocycles. The van der Waals surface area contributed by atoms with Crippen molar-refractivity contribution in [3.8, 4) is 11.5 Å². The maximum atomic E-state index is 10.4. The monoisotopic (exact) mass is 285 g/mol. The molecule has 5 rings (SSSR count). The van der Waals surface area contributed by atoms with Crippen molar-refractivity contribution >= 4 is 0 Å². The first-order valence-electron chi connectivity index (χ1n) is 7.71. The molecule has 0 unspecified atom stereocenters. The number of piperidine rings is 1. The largest absolute Gasteiger partial charge is 0.504 e. The Balaban J connectivity index is 1.84. The Morgan fingerprint density at radius 1 is 1.33 bits per heavy atom. The van der Waals surface area contributed by atoms with Crippen LogP contribution in [0.5, 0.6) is 11.5 Å². The second-order valence-corrected chi connectivity index (χ2v) is 6.93. The first-order chi connectivity index (χ1) is 10.1. The average Bonchev–Trinajstić information content (AvgIpc) is 2.83. The van der Waals surface area contributed by atoms with Crippen LogP contribution in [0.3, 0.4) is 0 Å². The Morgan fingerprint density at radius 3 is 3.05 bits per heavy atom. The molecule has 2 bridgehead atoms. The lowest BCUT2D eigenvalue weighted by Crippen LogP contribution is -2.64. The molecular weight excluding hydrogens is 266 g/mol. The molecule has 110 valence electrons. The fraction of sp³-hybridized carbons (Fsp3) is 0.529. The van der Waals surface area contributed by atoms with Crippen LogP contribution >= 0.6 is 0 Å². The normalized spacial score (nSPS) is 42.6. The summed E-state index contributed by atoms with van der Waals surface area (Å²) in [5.41, 5.74) is 2.29. The highest BCUT2D eigenvalue weighted by molar-refractivity contribution is 5.61. The lowest BCUT2D eigenvalue weighted by Gasteiger charge is -2.56. The molecule has 2 N–H and O–H groups in total. The molecule has 4 nitrogen and oxygen atoms in total. The molecule has 0 aromatic heterocycles. The molecule has 1 fully saturated rings. The average molecular weight is 285 g/mol. The van der Waals surface area contributed by atoms with E-state index in [0.717, 1.165) is 19.4 Å². The number of aromatic hydroxyl groups is 1. The fourth-order valence-electron chi connectivity index (χ4n) is 5.24. The van der Waals surface area contributed by atoms with E-state index in [2.05, 4.69) is 18.0 Å². The van der Waals surface area contributed by atoms with Gasteiger partial charge in [-0.1, -0.05) is 18.2 Å². The number of hydrogen-bond donors (Lipinski definition) is 2. The molecule has 2 aliphatic carbocycles. The standard InChI is InChI=1S/C17H19NO3/c1-18-7-6-17-10-3-5-13(20)16(17)21-15-12(19)4-2-9(14(15)17)8-11(10)18/h2-5,10-11,13,16,19-20H,6-8H2,1H3/t10-,11+,13+,16+,17-/m0/s1. The van der Waals surface area contributed by atoms with E-state index in [1.165, 1.54) is 11.1 Å². The van der Waals surface area contributed by atoms with E-state index in [1.807, 2.05) is 12.1 Å². The summed E-state index contributed by atoms with van der Waals surface area (Å²) in [6.07, 6.45) is 5.18. The van der Waals surface area contributed by atoms with Gasteiger partial charge in [-0.25, -0.2) is 0 Å². The SMILES string of the molecule is CN1CC[C@]23c4c5ccc(O)c4O[C@@H]2[C@H](O)C=C[C@H]3[C@H]1C5. The van der Waals surface area contributed by atoms with Crippen molar-refractivity contribution in [2.24, 2.45) is 5.92 Å². The van der Waals surface area contributed by atoms with Gasteiger partial charge in [0.05, 0.1) is 0 Å². The molecule has 1 spiro atoms. The predicted octanol–water partition coefficient (Wildman–Crippen LogP) is 1.20. The van der Waals surface area contributed by atoms with Crippen LogP contribution in [0.1, 0.15) is 17.5 Å². The van der Waals surface area contributed by atoms with Crippen LogP contribution in [0.25, 0.3) is 0 Å². The molecule has 21 heavy (non-hydrogen) atoms. The van der Waals surface area contributed by atoms with Gasteiger partial charge < -0.3 is 19.8 Å².